The van der Waals surface area contributed by atoms with Gasteiger partial charge in [-0.3, -0.25) is 4.79 Å². The number of hydrogen-bond acceptors (Lipinski definition) is 2. The number of likely N-dealkylation sites (tertiary alicyclic amines) is 1. The van der Waals surface area contributed by atoms with Crippen molar-refractivity contribution in [3.05, 3.63) is 0 Å². The van der Waals surface area contributed by atoms with Crippen LogP contribution in [0.4, 0.5) is 0 Å². The highest BCUT2D eigenvalue weighted by molar-refractivity contribution is 5.76. The van der Waals surface area contributed by atoms with E-state index < -0.39 is 0 Å². The summed E-state index contributed by atoms with van der Waals surface area (Å²) in [5, 5.41) is 0. The molecule has 0 spiro atoms. The molecular weight excluding hydrogens is 212 g/mol. The van der Waals surface area contributed by atoms with E-state index in [-0.39, 0.29) is 0 Å². The first-order valence-electron chi connectivity index (χ1n) is 7.25. The van der Waals surface area contributed by atoms with Gasteiger partial charge in [0.15, 0.2) is 0 Å². The molecule has 0 aliphatic carbocycles. The zero-order chi connectivity index (χ0) is 12.5. The number of rotatable bonds is 8. The molecule has 0 radical (unpaired) electrons. The van der Waals surface area contributed by atoms with E-state index in [0.29, 0.717) is 11.8 Å². The summed E-state index contributed by atoms with van der Waals surface area (Å²) in [6.07, 6.45) is 9.33. The Morgan fingerprint density at radius 2 is 1.94 bits per heavy atom. The molecule has 17 heavy (non-hydrogen) atoms. The Morgan fingerprint density at radius 1 is 1.24 bits per heavy atom. The van der Waals surface area contributed by atoms with E-state index in [1.807, 2.05) is 4.90 Å². The quantitative estimate of drug-likeness (QED) is 0.663. The lowest BCUT2D eigenvalue weighted by atomic mass is 10.1. The van der Waals surface area contributed by atoms with Crippen LogP contribution in [-0.4, -0.2) is 30.4 Å². The fourth-order valence-electron chi connectivity index (χ4n) is 2.47. The maximum Gasteiger partial charge on any atom is 0.222 e. The fourth-order valence-corrected chi connectivity index (χ4v) is 2.47. The van der Waals surface area contributed by atoms with Gasteiger partial charge in [0.1, 0.15) is 0 Å². The highest BCUT2D eigenvalue weighted by Crippen LogP contribution is 2.17. The molecule has 1 heterocycles. The lowest BCUT2D eigenvalue weighted by Crippen LogP contribution is -2.29. The Labute approximate surface area is 106 Å². The van der Waals surface area contributed by atoms with Crippen LogP contribution in [0.5, 0.6) is 0 Å². The van der Waals surface area contributed by atoms with E-state index in [2.05, 4.69) is 6.92 Å². The Bertz CT molecular complexity index is 218. The summed E-state index contributed by atoms with van der Waals surface area (Å²) >= 11 is 0. The van der Waals surface area contributed by atoms with Crippen molar-refractivity contribution in [1.82, 2.24) is 4.90 Å². The maximum absolute atomic E-state index is 11.9. The van der Waals surface area contributed by atoms with Crippen LogP contribution in [-0.2, 0) is 4.79 Å². The van der Waals surface area contributed by atoms with Crippen molar-refractivity contribution in [2.24, 2.45) is 11.7 Å². The third kappa shape index (κ3) is 5.53. The van der Waals surface area contributed by atoms with Gasteiger partial charge in [0.25, 0.3) is 0 Å². The van der Waals surface area contributed by atoms with Gasteiger partial charge in [-0.05, 0) is 25.3 Å². The van der Waals surface area contributed by atoms with Crippen LogP contribution in [0.1, 0.15) is 58.3 Å². The Morgan fingerprint density at radius 3 is 2.59 bits per heavy atom. The molecule has 0 bridgehead atoms. The molecule has 1 saturated heterocycles. The summed E-state index contributed by atoms with van der Waals surface area (Å²) in [6.45, 7) is 4.77. The molecule has 2 N–H and O–H groups in total. The molecule has 0 aromatic heterocycles. The van der Waals surface area contributed by atoms with Crippen LogP contribution < -0.4 is 5.73 Å². The Hall–Kier alpha value is -0.570. The first-order valence-corrected chi connectivity index (χ1v) is 7.25. The number of amides is 1. The standard InChI is InChI=1S/C14H28N2O/c1-2-3-4-5-6-7-8-14(17)16-10-9-13(11-15)12-16/h13H,2-12,15H2,1H3. The van der Waals surface area contributed by atoms with Crippen molar-refractivity contribution in [2.45, 2.75) is 58.3 Å². The van der Waals surface area contributed by atoms with Crippen molar-refractivity contribution in [1.29, 1.82) is 0 Å². The van der Waals surface area contributed by atoms with Crippen molar-refractivity contribution in [2.75, 3.05) is 19.6 Å². The second-order valence-electron chi connectivity index (χ2n) is 5.25. The summed E-state index contributed by atoms with van der Waals surface area (Å²) in [5.41, 5.74) is 5.63. The smallest absolute Gasteiger partial charge is 0.222 e. The summed E-state index contributed by atoms with van der Waals surface area (Å²) in [4.78, 5) is 13.9. The van der Waals surface area contributed by atoms with Gasteiger partial charge in [0.05, 0.1) is 0 Å². The zero-order valence-electron chi connectivity index (χ0n) is 11.3. The molecule has 100 valence electrons. The number of carbonyl (C=O) groups is 1. The molecule has 1 atom stereocenters. The molecule has 1 amide bonds. The molecular formula is C14H28N2O. The normalized spacial score (nSPS) is 19.9. The Kier molecular flexibility index (Phi) is 7.25. The predicted molar refractivity (Wildman–Crippen MR) is 71.7 cm³/mol. The van der Waals surface area contributed by atoms with Gasteiger partial charge in [-0.25, -0.2) is 0 Å². The molecule has 1 rings (SSSR count). The van der Waals surface area contributed by atoms with Crippen molar-refractivity contribution in [3.8, 4) is 0 Å². The number of unbranched alkanes of at least 4 members (excludes halogenated alkanes) is 5. The number of nitrogens with zero attached hydrogens (tertiary/aromatic N) is 1. The summed E-state index contributed by atoms with van der Waals surface area (Å²) in [5.74, 6) is 0.889. The molecule has 3 nitrogen and oxygen atoms in total. The van der Waals surface area contributed by atoms with Gasteiger partial charge in [0, 0.05) is 19.5 Å². The van der Waals surface area contributed by atoms with Crippen LogP contribution in [0.15, 0.2) is 0 Å². The molecule has 1 aliphatic heterocycles. The van der Waals surface area contributed by atoms with E-state index in [9.17, 15) is 4.79 Å². The summed E-state index contributed by atoms with van der Waals surface area (Å²) in [7, 11) is 0. The van der Waals surface area contributed by atoms with Crippen LogP contribution >= 0.6 is 0 Å². The molecule has 0 aromatic carbocycles. The molecule has 0 aromatic rings. The van der Waals surface area contributed by atoms with Gasteiger partial charge in [-0.1, -0.05) is 39.0 Å². The molecule has 3 heteroatoms. The van der Waals surface area contributed by atoms with Crippen molar-refractivity contribution >= 4 is 5.91 Å². The maximum atomic E-state index is 11.9. The zero-order valence-corrected chi connectivity index (χ0v) is 11.3. The largest absolute Gasteiger partial charge is 0.342 e. The van der Waals surface area contributed by atoms with E-state index in [0.717, 1.165) is 38.9 Å². The monoisotopic (exact) mass is 240 g/mol. The van der Waals surface area contributed by atoms with Crippen LogP contribution in [0.25, 0.3) is 0 Å². The average Bonchev–Trinajstić information content (AvgIpc) is 2.82. The summed E-state index contributed by atoms with van der Waals surface area (Å²) < 4.78 is 0. The third-order valence-electron chi connectivity index (χ3n) is 3.72. The minimum Gasteiger partial charge on any atom is -0.342 e. The van der Waals surface area contributed by atoms with Gasteiger partial charge in [0.2, 0.25) is 5.91 Å². The number of hydrogen-bond donors (Lipinski definition) is 1. The third-order valence-corrected chi connectivity index (χ3v) is 3.72. The minimum atomic E-state index is 0.344. The van der Waals surface area contributed by atoms with E-state index in [4.69, 9.17) is 5.73 Å². The average molecular weight is 240 g/mol. The van der Waals surface area contributed by atoms with Gasteiger partial charge in [-0.15, -0.1) is 0 Å². The molecule has 1 aliphatic rings. The van der Waals surface area contributed by atoms with Gasteiger partial charge < -0.3 is 10.6 Å². The first-order chi connectivity index (χ1) is 8.27. The lowest BCUT2D eigenvalue weighted by molar-refractivity contribution is -0.130. The van der Waals surface area contributed by atoms with Crippen LogP contribution in [0.3, 0.4) is 0 Å². The predicted octanol–water partition coefficient (Wildman–Crippen LogP) is 2.54. The molecule has 1 unspecified atom stereocenters. The minimum absolute atomic E-state index is 0.344. The summed E-state index contributed by atoms with van der Waals surface area (Å²) in [6, 6.07) is 0. The number of nitrogens with two attached hydrogens (primary N) is 1. The van der Waals surface area contributed by atoms with Crippen LogP contribution in [0, 0.1) is 5.92 Å². The number of carbonyl (C=O) groups excluding carboxylic acids is 1. The fraction of sp³-hybridized carbons (Fsp3) is 0.929. The van der Waals surface area contributed by atoms with Crippen molar-refractivity contribution < 1.29 is 4.79 Å². The highest BCUT2D eigenvalue weighted by Gasteiger charge is 2.24. The lowest BCUT2D eigenvalue weighted by Gasteiger charge is -2.16. The molecule has 1 fully saturated rings. The Balaban J connectivity index is 2.01. The second kappa shape index (κ2) is 8.51. The topological polar surface area (TPSA) is 46.3 Å². The van der Waals surface area contributed by atoms with E-state index >= 15 is 0 Å². The van der Waals surface area contributed by atoms with E-state index in [1.165, 1.54) is 32.1 Å². The van der Waals surface area contributed by atoms with Gasteiger partial charge in [-0.2, -0.15) is 0 Å². The van der Waals surface area contributed by atoms with Crippen LogP contribution in [0.2, 0.25) is 0 Å². The second-order valence-corrected chi connectivity index (χ2v) is 5.25. The van der Waals surface area contributed by atoms with Crippen molar-refractivity contribution in [3.63, 3.8) is 0 Å². The first kappa shape index (κ1) is 14.5. The highest BCUT2D eigenvalue weighted by atomic mass is 16.2. The van der Waals surface area contributed by atoms with E-state index in [1.54, 1.807) is 0 Å². The van der Waals surface area contributed by atoms with Gasteiger partial charge >= 0.3 is 0 Å². The molecule has 0 saturated carbocycles. The SMILES string of the molecule is CCCCCCCCC(=O)N1CCC(CN)C1.